The first-order chi connectivity index (χ1) is 27.7. The summed E-state index contributed by atoms with van der Waals surface area (Å²) in [6.07, 6.45) is 0. The van der Waals surface area contributed by atoms with E-state index >= 15 is 0 Å². The van der Waals surface area contributed by atoms with E-state index in [9.17, 15) is 0 Å². The van der Waals surface area contributed by atoms with Crippen LogP contribution in [0.25, 0.3) is 121 Å². The zero-order valence-electron chi connectivity index (χ0n) is 29.9. The molecule has 0 unspecified atom stereocenters. The average molecular weight is 716 g/mol. The van der Waals surface area contributed by atoms with E-state index in [0.717, 1.165) is 87.9 Å². The lowest BCUT2D eigenvalue weighted by molar-refractivity contribution is 0.669. The number of fused-ring (bicyclic) bond motifs is 10. The summed E-state index contributed by atoms with van der Waals surface area (Å²) in [4.78, 5) is 16.0. The fourth-order valence-electron chi connectivity index (χ4n) is 8.54. The van der Waals surface area contributed by atoms with E-state index in [1.165, 1.54) is 16.2 Å². The average Bonchev–Trinajstić information content (AvgIpc) is 3.84. The van der Waals surface area contributed by atoms with Crippen LogP contribution in [0, 0.1) is 0 Å². The van der Waals surface area contributed by atoms with E-state index in [1.54, 1.807) is 0 Å². The first-order valence-electron chi connectivity index (χ1n) is 18.8. The van der Waals surface area contributed by atoms with Gasteiger partial charge in [0.1, 0.15) is 22.3 Å². The van der Waals surface area contributed by atoms with Crippen LogP contribution >= 0.6 is 0 Å². The quantitative estimate of drug-likeness (QED) is 0.170. The van der Waals surface area contributed by atoms with Gasteiger partial charge < -0.3 is 8.83 Å². The molecule has 0 aliphatic heterocycles. The number of aromatic nitrogens is 3. The molecule has 5 heteroatoms. The number of para-hydroxylation sites is 2. The van der Waals surface area contributed by atoms with Crippen molar-refractivity contribution in [2.45, 2.75) is 0 Å². The summed E-state index contributed by atoms with van der Waals surface area (Å²) in [6, 6.07) is 61.0. The van der Waals surface area contributed by atoms with Crippen LogP contribution < -0.4 is 0 Å². The van der Waals surface area contributed by atoms with E-state index in [-0.39, 0.29) is 0 Å². The van der Waals surface area contributed by atoms with E-state index in [4.69, 9.17) is 23.8 Å². The summed E-state index contributed by atoms with van der Waals surface area (Å²) in [5.41, 5.74) is 8.09. The van der Waals surface area contributed by atoms with Gasteiger partial charge in [-0.15, -0.1) is 0 Å². The van der Waals surface area contributed by atoms with Gasteiger partial charge in [-0.25, -0.2) is 15.0 Å². The normalized spacial score (nSPS) is 11.9. The molecule has 12 aromatic rings. The number of nitrogens with zero attached hydrogens (tertiary/aromatic N) is 3. The lowest BCUT2D eigenvalue weighted by Gasteiger charge is -2.14. The molecular formula is C51H29N3O2. The largest absolute Gasteiger partial charge is 0.456 e. The van der Waals surface area contributed by atoms with E-state index < -0.39 is 0 Å². The molecule has 260 valence electrons. The molecule has 0 N–H and O–H groups in total. The molecule has 9 aromatic carbocycles. The minimum atomic E-state index is 0.570. The molecule has 0 saturated carbocycles. The van der Waals surface area contributed by atoms with Crippen LogP contribution in [0.2, 0.25) is 0 Å². The van der Waals surface area contributed by atoms with Crippen LogP contribution in [0.4, 0.5) is 0 Å². The van der Waals surface area contributed by atoms with Crippen molar-refractivity contribution in [1.29, 1.82) is 0 Å². The third kappa shape index (κ3) is 4.64. The van der Waals surface area contributed by atoms with Gasteiger partial charge in [0.15, 0.2) is 17.5 Å². The Balaban J connectivity index is 1.17. The number of hydrogen-bond donors (Lipinski definition) is 0. The predicted molar refractivity (Wildman–Crippen MR) is 229 cm³/mol. The zero-order valence-corrected chi connectivity index (χ0v) is 29.9. The molecule has 0 fully saturated rings. The van der Waals surface area contributed by atoms with E-state index in [1.807, 2.05) is 42.5 Å². The van der Waals surface area contributed by atoms with Gasteiger partial charge in [0.05, 0.1) is 0 Å². The highest BCUT2D eigenvalue weighted by molar-refractivity contribution is 6.18. The summed E-state index contributed by atoms with van der Waals surface area (Å²) in [7, 11) is 0. The maximum absolute atomic E-state index is 6.78. The summed E-state index contributed by atoms with van der Waals surface area (Å²) in [5, 5.41) is 10.9. The van der Waals surface area contributed by atoms with Gasteiger partial charge in [-0.1, -0.05) is 127 Å². The molecule has 5 nitrogen and oxygen atoms in total. The lowest BCUT2D eigenvalue weighted by atomic mass is 9.94. The highest BCUT2D eigenvalue weighted by Gasteiger charge is 2.22. The standard InChI is InChI=1S/C51H29N3O2/c1-3-15-33-30(12-1)14-11-21-36(33)39-25-26-41(47-40-20-8-10-23-45(40)56-48(39)47)50-52-49(32-24-27-46-42(29-32)38-19-7-9-22-44(38)55-46)53-51(54-50)43-28-31-13-2-4-16-34(31)35-17-5-6-18-37(35)43/h1-29H. The number of furan rings is 2. The third-order valence-corrected chi connectivity index (χ3v) is 11.1. The minimum Gasteiger partial charge on any atom is -0.456 e. The molecule has 3 heterocycles. The van der Waals surface area contributed by atoms with Gasteiger partial charge in [0.25, 0.3) is 0 Å². The van der Waals surface area contributed by atoms with Gasteiger partial charge in [-0.3, -0.25) is 0 Å². The molecule has 0 aliphatic carbocycles. The number of benzene rings is 9. The maximum Gasteiger partial charge on any atom is 0.164 e. The summed E-state index contributed by atoms with van der Waals surface area (Å²) >= 11 is 0. The Labute approximate surface area is 320 Å². The van der Waals surface area contributed by atoms with Crippen LogP contribution in [-0.4, -0.2) is 15.0 Å². The lowest BCUT2D eigenvalue weighted by Crippen LogP contribution is -2.01. The predicted octanol–water partition coefficient (Wildman–Crippen LogP) is 13.8. The molecule has 0 radical (unpaired) electrons. The van der Waals surface area contributed by atoms with Gasteiger partial charge in [-0.2, -0.15) is 0 Å². The molecule has 0 aliphatic rings. The van der Waals surface area contributed by atoms with Gasteiger partial charge >= 0.3 is 0 Å². The third-order valence-electron chi connectivity index (χ3n) is 11.1. The van der Waals surface area contributed by atoms with E-state index in [2.05, 4.69) is 133 Å². The number of rotatable bonds is 4. The van der Waals surface area contributed by atoms with Gasteiger partial charge in [0, 0.05) is 43.8 Å². The van der Waals surface area contributed by atoms with Crippen LogP contribution in [0.3, 0.4) is 0 Å². The molecular weight excluding hydrogens is 687 g/mol. The SMILES string of the molecule is c1ccc2c(-c3ccc(-c4nc(-c5ccc6oc7ccccc7c6c5)nc(-c5cc6ccccc6c6ccccc56)n4)c4c3oc3ccccc34)cccc2c1. The molecule has 56 heavy (non-hydrogen) atoms. The Hall–Kier alpha value is -7.63. The van der Waals surface area contributed by atoms with Gasteiger partial charge in [-0.05, 0) is 86.4 Å². The van der Waals surface area contributed by atoms with Crippen molar-refractivity contribution in [3.8, 4) is 45.3 Å². The maximum atomic E-state index is 6.78. The van der Waals surface area contributed by atoms with Crippen molar-refractivity contribution in [3.63, 3.8) is 0 Å². The van der Waals surface area contributed by atoms with Crippen LogP contribution in [0.1, 0.15) is 0 Å². The van der Waals surface area contributed by atoms with Crippen molar-refractivity contribution in [3.05, 3.63) is 176 Å². The Morgan fingerprint density at radius 2 is 0.893 bits per heavy atom. The Kier molecular flexibility index (Phi) is 6.56. The smallest absolute Gasteiger partial charge is 0.164 e. The Morgan fingerprint density at radius 3 is 1.73 bits per heavy atom. The molecule has 0 saturated heterocycles. The van der Waals surface area contributed by atoms with Crippen molar-refractivity contribution in [2.75, 3.05) is 0 Å². The van der Waals surface area contributed by atoms with Gasteiger partial charge in [0.2, 0.25) is 0 Å². The second-order valence-electron chi connectivity index (χ2n) is 14.3. The monoisotopic (exact) mass is 715 g/mol. The van der Waals surface area contributed by atoms with Crippen molar-refractivity contribution in [1.82, 2.24) is 15.0 Å². The summed E-state index contributed by atoms with van der Waals surface area (Å²) < 4.78 is 13.0. The fraction of sp³-hybridized carbons (Fsp3) is 0. The van der Waals surface area contributed by atoms with Crippen LogP contribution in [0.5, 0.6) is 0 Å². The Morgan fingerprint density at radius 1 is 0.304 bits per heavy atom. The molecule has 3 aromatic heterocycles. The molecule has 0 atom stereocenters. The zero-order chi connectivity index (χ0) is 36.7. The molecule has 0 spiro atoms. The molecule has 0 bridgehead atoms. The summed E-state index contributed by atoms with van der Waals surface area (Å²) in [6.45, 7) is 0. The van der Waals surface area contributed by atoms with Crippen molar-refractivity contribution in [2.24, 2.45) is 0 Å². The molecule has 0 amide bonds. The Bertz CT molecular complexity index is 3550. The highest BCUT2D eigenvalue weighted by atomic mass is 16.3. The fourth-order valence-corrected chi connectivity index (χ4v) is 8.54. The second kappa shape index (κ2) is 11.9. The van der Waals surface area contributed by atoms with Crippen molar-refractivity contribution < 1.29 is 8.83 Å². The topological polar surface area (TPSA) is 65.0 Å². The molecule has 12 rings (SSSR count). The second-order valence-corrected chi connectivity index (χ2v) is 14.3. The van der Waals surface area contributed by atoms with Crippen molar-refractivity contribution >= 4 is 76.2 Å². The highest BCUT2D eigenvalue weighted by Crippen LogP contribution is 2.44. The minimum absolute atomic E-state index is 0.570. The number of hydrogen-bond acceptors (Lipinski definition) is 5. The van der Waals surface area contributed by atoms with Crippen LogP contribution in [-0.2, 0) is 0 Å². The van der Waals surface area contributed by atoms with Crippen LogP contribution in [0.15, 0.2) is 185 Å². The van der Waals surface area contributed by atoms with E-state index in [0.29, 0.717) is 17.5 Å². The first kappa shape index (κ1) is 30.8. The first-order valence-corrected chi connectivity index (χ1v) is 18.8. The summed E-state index contributed by atoms with van der Waals surface area (Å²) in [5.74, 6) is 1.75.